The average Bonchev–Trinajstić information content (AvgIpc) is 2.37. The second-order valence-corrected chi connectivity index (χ2v) is 4.93. The molecule has 114 valence electrons. The molecule has 0 aromatic carbocycles. The summed E-state index contributed by atoms with van der Waals surface area (Å²) in [6.07, 6.45) is -0.389. The molecule has 0 spiro atoms. The van der Waals surface area contributed by atoms with E-state index in [4.69, 9.17) is 5.11 Å². The van der Waals surface area contributed by atoms with Gasteiger partial charge in [0.2, 0.25) is 0 Å². The predicted molar refractivity (Wildman–Crippen MR) is 70.3 cm³/mol. The Labute approximate surface area is 117 Å². The Balaban J connectivity index is 2.61. The number of hydrogen-bond acceptors (Lipinski definition) is 5. The number of likely N-dealkylation sites (N-methyl/N-ethyl adjacent to an activating group) is 1. The topological polar surface area (TPSA) is 99.2 Å². The van der Waals surface area contributed by atoms with Gasteiger partial charge in [0, 0.05) is 25.7 Å². The number of methoxy groups -OCH3 is 1. The molecule has 0 saturated carbocycles. The zero-order valence-electron chi connectivity index (χ0n) is 12.0. The van der Waals surface area contributed by atoms with E-state index in [1.54, 1.807) is 4.90 Å². The lowest BCUT2D eigenvalue weighted by molar-refractivity contribution is -0.147. The number of aliphatic carboxylic acids is 1. The Morgan fingerprint density at radius 3 is 2.55 bits per heavy atom. The van der Waals surface area contributed by atoms with E-state index in [1.807, 2.05) is 14.0 Å². The highest BCUT2D eigenvalue weighted by atomic mass is 16.5. The molecule has 8 nitrogen and oxygen atoms in total. The summed E-state index contributed by atoms with van der Waals surface area (Å²) in [4.78, 5) is 37.9. The molecule has 0 aromatic heterocycles. The molecule has 2 atom stereocenters. The van der Waals surface area contributed by atoms with Gasteiger partial charge in [-0.2, -0.15) is 0 Å². The predicted octanol–water partition coefficient (Wildman–Crippen LogP) is -0.652. The summed E-state index contributed by atoms with van der Waals surface area (Å²) in [5, 5.41) is 11.4. The van der Waals surface area contributed by atoms with Crippen LogP contribution in [0.3, 0.4) is 0 Å². The molecule has 2 amide bonds. The van der Waals surface area contributed by atoms with Gasteiger partial charge in [0.05, 0.1) is 13.5 Å². The van der Waals surface area contributed by atoms with Gasteiger partial charge in [0.25, 0.3) is 0 Å². The van der Waals surface area contributed by atoms with Gasteiger partial charge in [-0.25, -0.2) is 9.59 Å². The summed E-state index contributed by atoms with van der Waals surface area (Å²) in [5.41, 5.74) is 0. The van der Waals surface area contributed by atoms with Crippen LogP contribution in [0.15, 0.2) is 0 Å². The van der Waals surface area contributed by atoms with Crippen LogP contribution in [0.25, 0.3) is 0 Å². The maximum atomic E-state index is 12.1. The van der Waals surface area contributed by atoms with E-state index in [0.717, 1.165) is 13.1 Å². The number of piperazine rings is 1. The quantitative estimate of drug-likeness (QED) is 0.667. The van der Waals surface area contributed by atoms with Crippen molar-refractivity contribution >= 4 is 18.0 Å². The lowest BCUT2D eigenvalue weighted by atomic mass is 10.2. The summed E-state index contributed by atoms with van der Waals surface area (Å²) < 4.78 is 4.42. The van der Waals surface area contributed by atoms with E-state index >= 15 is 0 Å². The van der Waals surface area contributed by atoms with Crippen LogP contribution in [-0.4, -0.2) is 78.8 Å². The summed E-state index contributed by atoms with van der Waals surface area (Å²) in [5.74, 6) is -1.94. The summed E-state index contributed by atoms with van der Waals surface area (Å²) in [6, 6.07) is -1.76. The highest BCUT2D eigenvalue weighted by Crippen LogP contribution is 2.08. The number of ether oxygens (including phenoxy) is 1. The minimum atomic E-state index is -1.28. The van der Waals surface area contributed by atoms with Gasteiger partial charge in [-0.1, -0.05) is 0 Å². The van der Waals surface area contributed by atoms with E-state index in [2.05, 4.69) is 15.0 Å². The number of rotatable bonds is 4. The van der Waals surface area contributed by atoms with Crippen LogP contribution in [0.4, 0.5) is 4.79 Å². The zero-order valence-corrected chi connectivity index (χ0v) is 12.0. The average molecular weight is 287 g/mol. The van der Waals surface area contributed by atoms with E-state index in [9.17, 15) is 14.4 Å². The third-order valence-electron chi connectivity index (χ3n) is 3.29. The first-order valence-electron chi connectivity index (χ1n) is 6.40. The van der Waals surface area contributed by atoms with Gasteiger partial charge >= 0.3 is 18.0 Å². The minimum Gasteiger partial charge on any atom is -0.480 e. The molecule has 1 fully saturated rings. The number of esters is 1. The van der Waals surface area contributed by atoms with Gasteiger partial charge in [0.15, 0.2) is 0 Å². The third kappa shape index (κ3) is 4.37. The maximum absolute atomic E-state index is 12.1. The van der Waals surface area contributed by atoms with E-state index < -0.39 is 24.0 Å². The number of hydrogen-bond donors (Lipinski definition) is 2. The molecule has 0 bridgehead atoms. The standard InChI is InChI=1S/C12H21N3O5/c1-8-7-14(2)4-5-15(8)12(19)13-9(11(17)18)6-10(16)20-3/h8-9H,4-7H2,1-3H3,(H,13,19)(H,17,18)/t8?,9-/m0/s1. The molecular weight excluding hydrogens is 266 g/mol. The van der Waals surface area contributed by atoms with Crippen molar-refractivity contribution in [3.8, 4) is 0 Å². The Bertz CT molecular complexity index is 387. The Kier molecular flexibility index (Phi) is 5.75. The SMILES string of the molecule is COC(=O)C[C@H](NC(=O)N1CCN(C)CC1C)C(=O)O. The summed E-state index contributed by atoms with van der Waals surface area (Å²) in [6.45, 7) is 3.87. The maximum Gasteiger partial charge on any atom is 0.326 e. The fourth-order valence-electron chi connectivity index (χ4n) is 2.12. The van der Waals surface area contributed by atoms with Crippen molar-refractivity contribution in [2.24, 2.45) is 0 Å². The molecule has 1 saturated heterocycles. The molecule has 2 N–H and O–H groups in total. The van der Waals surface area contributed by atoms with Crippen molar-refractivity contribution < 1.29 is 24.2 Å². The van der Waals surface area contributed by atoms with Gasteiger partial charge in [-0.3, -0.25) is 4.79 Å². The van der Waals surface area contributed by atoms with Crippen LogP contribution in [-0.2, 0) is 14.3 Å². The van der Waals surface area contributed by atoms with Crippen LogP contribution in [0.2, 0.25) is 0 Å². The van der Waals surface area contributed by atoms with Crippen molar-refractivity contribution in [2.75, 3.05) is 33.8 Å². The molecule has 0 aliphatic carbocycles. The van der Waals surface area contributed by atoms with Crippen LogP contribution in [0, 0.1) is 0 Å². The lowest BCUT2D eigenvalue weighted by Crippen LogP contribution is -2.58. The van der Waals surface area contributed by atoms with Gasteiger partial charge in [-0.15, -0.1) is 0 Å². The molecular formula is C12H21N3O5. The first kappa shape index (κ1) is 16.2. The van der Waals surface area contributed by atoms with Crippen molar-refractivity contribution in [1.29, 1.82) is 0 Å². The Hall–Kier alpha value is -1.83. The van der Waals surface area contributed by atoms with Crippen molar-refractivity contribution in [3.05, 3.63) is 0 Å². The number of nitrogens with zero attached hydrogens (tertiary/aromatic N) is 2. The van der Waals surface area contributed by atoms with Crippen LogP contribution in [0.1, 0.15) is 13.3 Å². The molecule has 1 aliphatic rings. The normalized spacial score (nSPS) is 21.1. The number of nitrogens with one attached hydrogen (secondary N) is 1. The molecule has 20 heavy (non-hydrogen) atoms. The number of carbonyl (C=O) groups excluding carboxylic acids is 2. The zero-order chi connectivity index (χ0) is 15.3. The van der Waals surface area contributed by atoms with E-state index in [1.165, 1.54) is 7.11 Å². The van der Waals surface area contributed by atoms with Crippen LogP contribution in [0.5, 0.6) is 0 Å². The highest BCUT2D eigenvalue weighted by molar-refractivity contribution is 5.86. The molecule has 1 unspecified atom stereocenters. The number of carbonyl (C=O) groups is 3. The number of carboxylic acids is 1. The Morgan fingerprint density at radius 1 is 1.40 bits per heavy atom. The molecule has 1 aliphatic heterocycles. The minimum absolute atomic E-state index is 0.0127. The molecule has 8 heteroatoms. The van der Waals surface area contributed by atoms with E-state index in [0.29, 0.717) is 6.54 Å². The monoisotopic (exact) mass is 287 g/mol. The first-order chi connectivity index (χ1) is 9.35. The van der Waals surface area contributed by atoms with Crippen LogP contribution < -0.4 is 5.32 Å². The van der Waals surface area contributed by atoms with Gasteiger partial charge < -0.3 is 25.0 Å². The number of amides is 2. The fraction of sp³-hybridized carbons (Fsp3) is 0.750. The molecule has 0 radical (unpaired) electrons. The third-order valence-corrected chi connectivity index (χ3v) is 3.29. The smallest absolute Gasteiger partial charge is 0.326 e. The first-order valence-corrected chi connectivity index (χ1v) is 6.40. The largest absolute Gasteiger partial charge is 0.480 e. The fourth-order valence-corrected chi connectivity index (χ4v) is 2.12. The van der Waals surface area contributed by atoms with Gasteiger partial charge in [0.1, 0.15) is 6.04 Å². The summed E-state index contributed by atoms with van der Waals surface area (Å²) in [7, 11) is 3.13. The molecule has 1 heterocycles. The van der Waals surface area contributed by atoms with E-state index in [-0.39, 0.29) is 12.5 Å². The van der Waals surface area contributed by atoms with Gasteiger partial charge in [-0.05, 0) is 14.0 Å². The van der Waals surface area contributed by atoms with Crippen molar-refractivity contribution in [1.82, 2.24) is 15.1 Å². The lowest BCUT2D eigenvalue weighted by Gasteiger charge is -2.38. The highest BCUT2D eigenvalue weighted by Gasteiger charge is 2.30. The summed E-state index contributed by atoms with van der Waals surface area (Å²) >= 11 is 0. The van der Waals surface area contributed by atoms with Crippen molar-refractivity contribution in [2.45, 2.75) is 25.4 Å². The number of urea groups is 1. The number of carboxylic acid groups (broad SMARTS) is 1. The van der Waals surface area contributed by atoms with Crippen molar-refractivity contribution in [3.63, 3.8) is 0 Å². The molecule has 0 aromatic rings. The molecule has 1 rings (SSSR count). The van der Waals surface area contributed by atoms with Crippen LogP contribution >= 0.6 is 0 Å². The second kappa shape index (κ2) is 7.09. The second-order valence-electron chi connectivity index (χ2n) is 4.93. The Morgan fingerprint density at radius 2 is 2.05 bits per heavy atom.